The Labute approximate surface area is 189 Å². The van der Waals surface area contributed by atoms with Gasteiger partial charge in [-0.15, -0.1) is 10.2 Å². The number of rotatable bonds is 7. The second-order valence-electron chi connectivity index (χ2n) is 7.35. The van der Waals surface area contributed by atoms with Crippen LogP contribution in [-0.4, -0.2) is 44.4 Å². The minimum absolute atomic E-state index is 0.0644. The first-order valence-corrected chi connectivity index (χ1v) is 11.8. The van der Waals surface area contributed by atoms with Gasteiger partial charge in [0.25, 0.3) is 0 Å². The molecule has 156 valence electrons. The summed E-state index contributed by atoms with van der Waals surface area (Å²) in [5.74, 6) is 1.11. The Hall–Kier alpha value is -2.16. The van der Waals surface area contributed by atoms with Gasteiger partial charge in [0.2, 0.25) is 5.91 Å². The van der Waals surface area contributed by atoms with Crippen molar-refractivity contribution >= 4 is 39.3 Å². The number of aryl methyl sites for hydroxylation is 1. The normalized spacial score (nSPS) is 14.2. The average Bonchev–Trinajstić information content (AvgIpc) is 3.40. The van der Waals surface area contributed by atoms with Crippen LogP contribution in [-0.2, 0) is 11.3 Å². The van der Waals surface area contributed by atoms with Crippen molar-refractivity contribution in [3.8, 4) is 5.69 Å². The lowest BCUT2D eigenvalue weighted by atomic mass is 10.2. The monoisotopic (exact) mass is 485 g/mol. The average molecular weight is 486 g/mol. The molecule has 1 amide bonds. The Morgan fingerprint density at radius 2 is 1.90 bits per heavy atom. The predicted octanol–water partition coefficient (Wildman–Crippen LogP) is 4.66. The van der Waals surface area contributed by atoms with Crippen LogP contribution in [0.2, 0.25) is 0 Å². The summed E-state index contributed by atoms with van der Waals surface area (Å²) in [6, 6.07) is 15.9. The number of nitrogens with one attached hydrogen (secondary N) is 1. The van der Waals surface area contributed by atoms with E-state index in [2.05, 4.69) is 40.9 Å². The molecule has 2 aromatic carbocycles. The Morgan fingerprint density at radius 3 is 2.63 bits per heavy atom. The maximum absolute atomic E-state index is 12.5. The molecule has 0 radical (unpaired) electrons. The van der Waals surface area contributed by atoms with E-state index in [-0.39, 0.29) is 11.7 Å². The topological polar surface area (TPSA) is 63.1 Å². The molecule has 0 saturated carbocycles. The lowest BCUT2D eigenvalue weighted by Crippen LogP contribution is -2.21. The Bertz CT molecular complexity index is 1020. The van der Waals surface area contributed by atoms with Gasteiger partial charge in [-0.3, -0.25) is 14.3 Å². The van der Waals surface area contributed by atoms with Crippen molar-refractivity contribution < 1.29 is 4.79 Å². The van der Waals surface area contributed by atoms with E-state index in [1.54, 1.807) is 0 Å². The maximum Gasteiger partial charge on any atom is 0.234 e. The largest absolute Gasteiger partial charge is 0.325 e. The summed E-state index contributed by atoms with van der Waals surface area (Å²) >= 11 is 4.89. The molecule has 6 nitrogen and oxygen atoms in total. The molecule has 0 unspecified atom stereocenters. The van der Waals surface area contributed by atoms with Gasteiger partial charge in [-0.05, 0) is 68.8 Å². The molecule has 0 atom stereocenters. The number of amides is 1. The lowest BCUT2D eigenvalue weighted by molar-refractivity contribution is -0.113. The van der Waals surface area contributed by atoms with Crippen LogP contribution >= 0.6 is 27.7 Å². The molecule has 0 aliphatic carbocycles. The molecule has 1 N–H and O–H groups in total. The van der Waals surface area contributed by atoms with E-state index >= 15 is 0 Å². The van der Waals surface area contributed by atoms with Crippen molar-refractivity contribution in [3.63, 3.8) is 0 Å². The van der Waals surface area contributed by atoms with Crippen LogP contribution in [0.4, 0.5) is 5.69 Å². The van der Waals surface area contributed by atoms with Crippen LogP contribution in [0, 0.1) is 6.92 Å². The molecule has 0 spiro atoms. The summed E-state index contributed by atoms with van der Waals surface area (Å²) in [5, 5.41) is 12.5. The molecule has 4 rings (SSSR count). The number of halogens is 1. The number of hydrogen-bond acceptors (Lipinski definition) is 5. The number of hydrogen-bond donors (Lipinski definition) is 1. The second kappa shape index (κ2) is 9.76. The van der Waals surface area contributed by atoms with Crippen molar-refractivity contribution in [2.75, 3.05) is 24.2 Å². The van der Waals surface area contributed by atoms with E-state index in [1.165, 1.54) is 24.6 Å². The zero-order valence-corrected chi connectivity index (χ0v) is 19.2. The molecule has 1 fully saturated rings. The molecule has 1 aromatic heterocycles. The number of aromatic nitrogens is 3. The fraction of sp³-hybridized carbons (Fsp3) is 0.318. The van der Waals surface area contributed by atoms with Gasteiger partial charge in [0.05, 0.1) is 12.3 Å². The smallest absolute Gasteiger partial charge is 0.234 e. The van der Waals surface area contributed by atoms with Crippen LogP contribution in [0.5, 0.6) is 0 Å². The van der Waals surface area contributed by atoms with Crippen LogP contribution in [0.15, 0.2) is 58.2 Å². The van der Waals surface area contributed by atoms with Crippen LogP contribution < -0.4 is 5.32 Å². The van der Waals surface area contributed by atoms with Crippen molar-refractivity contribution in [2.24, 2.45) is 0 Å². The molecule has 1 aliphatic heterocycles. The van der Waals surface area contributed by atoms with Gasteiger partial charge in [-0.25, -0.2) is 0 Å². The van der Waals surface area contributed by atoms with E-state index in [4.69, 9.17) is 0 Å². The van der Waals surface area contributed by atoms with E-state index < -0.39 is 0 Å². The zero-order chi connectivity index (χ0) is 20.9. The number of carbonyl (C=O) groups is 1. The molecule has 8 heteroatoms. The van der Waals surface area contributed by atoms with Crippen LogP contribution in [0.3, 0.4) is 0 Å². The molecule has 3 aromatic rings. The van der Waals surface area contributed by atoms with Crippen LogP contribution in [0.1, 0.15) is 24.2 Å². The van der Waals surface area contributed by atoms with Gasteiger partial charge < -0.3 is 5.32 Å². The molecule has 30 heavy (non-hydrogen) atoms. The van der Waals surface area contributed by atoms with Gasteiger partial charge in [0, 0.05) is 15.8 Å². The highest BCUT2D eigenvalue weighted by atomic mass is 79.9. The molecule has 2 heterocycles. The molecule has 0 bridgehead atoms. The summed E-state index contributed by atoms with van der Waals surface area (Å²) < 4.78 is 3.09. The van der Waals surface area contributed by atoms with E-state index in [0.29, 0.717) is 0 Å². The Balaban J connectivity index is 1.48. The fourth-order valence-electron chi connectivity index (χ4n) is 3.52. The predicted molar refractivity (Wildman–Crippen MR) is 124 cm³/mol. The third-order valence-corrected chi connectivity index (χ3v) is 6.87. The first-order valence-electron chi connectivity index (χ1n) is 10.0. The first-order chi connectivity index (χ1) is 14.6. The minimum Gasteiger partial charge on any atom is -0.325 e. The number of nitrogens with zero attached hydrogens (tertiary/aromatic N) is 4. The van der Waals surface area contributed by atoms with E-state index in [9.17, 15) is 4.79 Å². The molecular weight excluding hydrogens is 462 g/mol. The molecular formula is C22H24BrN5OS. The highest BCUT2D eigenvalue weighted by Gasteiger charge is 2.20. The van der Waals surface area contributed by atoms with Gasteiger partial charge in [-0.1, -0.05) is 45.9 Å². The van der Waals surface area contributed by atoms with Gasteiger partial charge in [-0.2, -0.15) is 0 Å². The number of benzene rings is 2. The van der Waals surface area contributed by atoms with Crippen molar-refractivity contribution in [2.45, 2.75) is 31.5 Å². The third kappa shape index (κ3) is 5.11. The maximum atomic E-state index is 12.5. The summed E-state index contributed by atoms with van der Waals surface area (Å²) in [4.78, 5) is 14.9. The second-order valence-corrected chi connectivity index (χ2v) is 9.15. The third-order valence-electron chi connectivity index (χ3n) is 5.05. The van der Waals surface area contributed by atoms with Gasteiger partial charge >= 0.3 is 0 Å². The highest BCUT2D eigenvalue weighted by Crippen LogP contribution is 2.25. The SMILES string of the molecule is Cc1cc(NC(=O)CSc2nnc(CN3CCCC3)n2-c2ccccc2)ccc1Br. The van der Waals surface area contributed by atoms with Crippen molar-refractivity contribution in [1.29, 1.82) is 0 Å². The zero-order valence-electron chi connectivity index (χ0n) is 16.8. The standard InChI is InChI=1S/C22H24BrN5OS/c1-16-13-17(9-10-19(16)23)24-21(29)15-30-22-26-25-20(14-27-11-5-6-12-27)28(22)18-7-3-2-4-8-18/h2-4,7-10,13H,5-6,11-12,14-15H2,1H3,(H,24,29). The lowest BCUT2D eigenvalue weighted by Gasteiger charge is -2.16. The quantitative estimate of drug-likeness (QED) is 0.492. The number of anilines is 1. The number of likely N-dealkylation sites (tertiary alicyclic amines) is 1. The van der Waals surface area contributed by atoms with Gasteiger partial charge in [0.15, 0.2) is 11.0 Å². The summed E-state index contributed by atoms with van der Waals surface area (Å²) in [5.41, 5.74) is 2.89. The molecule has 1 aliphatic rings. The van der Waals surface area contributed by atoms with Crippen molar-refractivity contribution in [1.82, 2.24) is 19.7 Å². The highest BCUT2D eigenvalue weighted by molar-refractivity contribution is 9.10. The van der Waals surface area contributed by atoms with Crippen molar-refractivity contribution in [3.05, 3.63) is 64.4 Å². The number of para-hydroxylation sites is 1. The summed E-state index contributed by atoms with van der Waals surface area (Å²) in [6.45, 7) is 4.96. The fourth-order valence-corrected chi connectivity index (χ4v) is 4.54. The summed E-state index contributed by atoms with van der Waals surface area (Å²) in [7, 11) is 0. The Morgan fingerprint density at radius 1 is 1.13 bits per heavy atom. The first kappa shape index (κ1) is 21.1. The number of thioether (sulfide) groups is 1. The molecule has 1 saturated heterocycles. The minimum atomic E-state index is -0.0644. The van der Waals surface area contributed by atoms with Gasteiger partial charge in [0.1, 0.15) is 0 Å². The van der Waals surface area contributed by atoms with Crippen LogP contribution in [0.25, 0.3) is 5.69 Å². The summed E-state index contributed by atoms with van der Waals surface area (Å²) in [6.07, 6.45) is 2.47. The Kier molecular flexibility index (Phi) is 6.86. The number of carbonyl (C=O) groups excluding carboxylic acids is 1. The van der Waals surface area contributed by atoms with E-state index in [0.717, 1.165) is 52.0 Å². The van der Waals surface area contributed by atoms with E-state index in [1.807, 2.05) is 55.5 Å².